The van der Waals surface area contributed by atoms with Crippen molar-refractivity contribution in [1.82, 2.24) is 0 Å². The molecule has 3 heteroatoms. The molecule has 30 heavy (non-hydrogen) atoms. The average molecular weight is 416 g/mol. The molecule has 1 aliphatic carbocycles. The first-order chi connectivity index (χ1) is 14.6. The van der Waals surface area contributed by atoms with Crippen molar-refractivity contribution < 1.29 is 4.74 Å². The molecule has 0 aromatic heterocycles. The number of rotatable bonds is 4. The number of ether oxygens (including phenoxy) is 1. The average Bonchev–Trinajstić information content (AvgIpc) is 3.24. The highest BCUT2D eigenvalue weighted by atomic mass is 35.5. The molecule has 3 atom stereocenters. The molecule has 0 fully saturated rings. The van der Waals surface area contributed by atoms with E-state index in [-0.39, 0.29) is 0 Å². The van der Waals surface area contributed by atoms with Gasteiger partial charge in [-0.2, -0.15) is 0 Å². The van der Waals surface area contributed by atoms with E-state index >= 15 is 0 Å². The molecule has 1 N–H and O–H groups in total. The fourth-order valence-corrected chi connectivity index (χ4v) is 5.05. The predicted octanol–water partition coefficient (Wildman–Crippen LogP) is 7.36. The van der Waals surface area contributed by atoms with Crippen LogP contribution >= 0.6 is 11.6 Å². The van der Waals surface area contributed by atoms with E-state index in [0.29, 0.717) is 24.5 Å². The third-order valence-corrected chi connectivity index (χ3v) is 6.62. The van der Waals surface area contributed by atoms with Crippen LogP contribution in [0, 0.1) is 19.8 Å². The van der Waals surface area contributed by atoms with Crippen molar-refractivity contribution in [3.63, 3.8) is 0 Å². The molecule has 1 aliphatic heterocycles. The first kappa shape index (κ1) is 19.3. The maximum atomic E-state index is 5.97. The molecule has 3 unspecified atom stereocenters. The Hall–Kier alpha value is -2.71. The minimum atomic E-state index is 0.309. The van der Waals surface area contributed by atoms with E-state index in [1.807, 2.05) is 24.3 Å². The topological polar surface area (TPSA) is 21.3 Å². The number of anilines is 1. The summed E-state index contributed by atoms with van der Waals surface area (Å²) in [5.41, 5.74) is 7.86. The normalized spacial score (nSPS) is 21.6. The number of hydrogen-bond acceptors (Lipinski definition) is 2. The molecule has 152 valence electrons. The zero-order valence-electron chi connectivity index (χ0n) is 17.4. The van der Waals surface area contributed by atoms with E-state index in [4.69, 9.17) is 16.3 Å². The number of halogens is 1. The Morgan fingerprint density at radius 2 is 1.77 bits per heavy atom. The van der Waals surface area contributed by atoms with Crippen molar-refractivity contribution in [3.8, 4) is 5.75 Å². The summed E-state index contributed by atoms with van der Waals surface area (Å²) in [6.07, 6.45) is 5.86. The van der Waals surface area contributed by atoms with Crippen LogP contribution in [-0.2, 0) is 6.61 Å². The Morgan fingerprint density at radius 3 is 2.53 bits per heavy atom. The Morgan fingerprint density at radius 1 is 1.00 bits per heavy atom. The second-order valence-corrected chi connectivity index (χ2v) is 8.94. The van der Waals surface area contributed by atoms with E-state index in [1.165, 1.54) is 27.9 Å². The summed E-state index contributed by atoms with van der Waals surface area (Å²) in [7, 11) is 0. The molecule has 0 radical (unpaired) electrons. The van der Waals surface area contributed by atoms with Crippen LogP contribution in [-0.4, -0.2) is 0 Å². The van der Waals surface area contributed by atoms with Crippen LogP contribution in [0.2, 0.25) is 5.02 Å². The van der Waals surface area contributed by atoms with Crippen LogP contribution in [0.3, 0.4) is 0 Å². The molecular formula is C27H26ClNO. The lowest BCUT2D eigenvalue weighted by Gasteiger charge is -2.38. The first-order valence-corrected chi connectivity index (χ1v) is 11.0. The summed E-state index contributed by atoms with van der Waals surface area (Å²) >= 11 is 5.96. The highest BCUT2D eigenvalue weighted by Gasteiger charge is 2.38. The lowest BCUT2D eigenvalue weighted by atomic mass is 9.76. The van der Waals surface area contributed by atoms with Gasteiger partial charge < -0.3 is 10.1 Å². The molecule has 1 heterocycles. The van der Waals surface area contributed by atoms with Crippen LogP contribution in [0.25, 0.3) is 0 Å². The van der Waals surface area contributed by atoms with Gasteiger partial charge in [-0.1, -0.05) is 65.7 Å². The van der Waals surface area contributed by atoms with Gasteiger partial charge in [-0.05, 0) is 72.7 Å². The van der Waals surface area contributed by atoms with Gasteiger partial charge in [-0.15, -0.1) is 0 Å². The molecule has 0 saturated carbocycles. The third-order valence-electron chi connectivity index (χ3n) is 6.37. The molecule has 0 amide bonds. The van der Waals surface area contributed by atoms with Gasteiger partial charge in [0.15, 0.2) is 0 Å². The van der Waals surface area contributed by atoms with Crippen LogP contribution in [0.4, 0.5) is 5.69 Å². The highest BCUT2D eigenvalue weighted by molar-refractivity contribution is 6.30. The predicted molar refractivity (Wildman–Crippen MR) is 124 cm³/mol. The van der Waals surface area contributed by atoms with Gasteiger partial charge in [-0.3, -0.25) is 0 Å². The third kappa shape index (κ3) is 3.61. The summed E-state index contributed by atoms with van der Waals surface area (Å²) in [6.45, 7) is 4.94. The molecule has 3 aromatic carbocycles. The Kier molecular flexibility index (Phi) is 5.04. The van der Waals surface area contributed by atoms with Crippen LogP contribution in [0.1, 0.15) is 46.2 Å². The zero-order valence-corrected chi connectivity index (χ0v) is 18.1. The summed E-state index contributed by atoms with van der Waals surface area (Å²) in [5.74, 6) is 1.93. The largest absolute Gasteiger partial charge is 0.489 e. The summed E-state index contributed by atoms with van der Waals surface area (Å²) in [4.78, 5) is 0. The molecule has 0 saturated heterocycles. The molecule has 2 aliphatic rings. The first-order valence-electron chi connectivity index (χ1n) is 10.6. The molecule has 2 nitrogen and oxygen atoms in total. The van der Waals surface area contributed by atoms with Crippen molar-refractivity contribution in [2.45, 2.75) is 38.8 Å². The molecule has 5 rings (SSSR count). The van der Waals surface area contributed by atoms with Gasteiger partial charge in [-0.25, -0.2) is 0 Å². The van der Waals surface area contributed by atoms with E-state index in [0.717, 1.165) is 22.8 Å². The smallest absolute Gasteiger partial charge is 0.119 e. The van der Waals surface area contributed by atoms with Crippen molar-refractivity contribution in [3.05, 3.63) is 106 Å². The lowest BCUT2D eigenvalue weighted by molar-refractivity contribution is 0.306. The number of benzene rings is 3. The summed E-state index contributed by atoms with van der Waals surface area (Å²) in [5, 5.41) is 4.61. The van der Waals surface area contributed by atoms with Crippen LogP contribution in [0.15, 0.2) is 72.8 Å². The monoisotopic (exact) mass is 415 g/mol. The quantitative estimate of drug-likeness (QED) is 0.449. The van der Waals surface area contributed by atoms with E-state index < -0.39 is 0 Å². The van der Waals surface area contributed by atoms with Gasteiger partial charge >= 0.3 is 0 Å². The standard InChI is InChI=1S/C27H26ClNO/c1-17-14-18(2)26-25(15-17)23-4-3-5-24(23)27(29-26)20-8-12-22(13-9-20)30-16-19-6-10-21(28)11-7-19/h3-4,6-15,23-24,27,29H,5,16H2,1-2H3. The fraction of sp³-hybridized carbons (Fsp3) is 0.259. The van der Waals surface area contributed by atoms with Gasteiger partial charge in [0.1, 0.15) is 12.4 Å². The van der Waals surface area contributed by atoms with Crippen molar-refractivity contribution in [1.29, 1.82) is 0 Å². The Labute approximate surface area is 183 Å². The SMILES string of the molecule is Cc1cc(C)c2c(c1)C1C=CCC1C(c1ccc(OCc3ccc(Cl)cc3)cc1)N2. The van der Waals surface area contributed by atoms with Gasteiger partial charge in [0.05, 0.1) is 6.04 Å². The van der Waals surface area contributed by atoms with Crippen LogP contribution in [0.5, 0.6) is 5.75 Å². The Balaban J connectivity index is 1.36. The lowest BCUT2D eigenvalue weighted by Crippen LogP contribution is -2.29. The second-order valence-electron chi connectivity index (χ2n) is 8.51. The van der Waals surface area contributed by atoms with Crippen LogP contribution < -0.4 is 10.1 Å². The summed E-state index contributed by atoms with van der Waals surface area (Å²) < 4.78 is 5.97. The molecule has 0 bridgehead atoms. The number of aryl methyl sites for hydroxylation is 2. The minimum Gasteiger partial charge on any atom is -0.489 e. The van der Waals surface area contributed by atoms with Gasteiger partial charge in [0.2, 0.25) is 0 Å². The molecular weight excluding hydrogens is 390 g/mol. The van der Waals surface area contributed by atoms with E-state index in [9.17, 15) is 0 Å². The van der Waals surface area contributed by atoms with Crippen molar-refractivity contribution in [2.24, 2.45) is 5.92 Å². The minimum absolute atomic E-state index is 0.309. The fourth-order valence-electron chi connectivity index (χ4n) is 4.92. The molecule has 0 spiro atoms. The molecule has 3 aromatic rings. The van der Waals surface area contributed by atoms with Gasteiger partial charge in [0, 0.05) is 16.6 Å². The zero-order chi connectivity index (χ0) is 20.7. The number of fused-ring (bicyclic) bond motifs is 3. The summed E-state index contributed by atoms with van der Waals surface area (Å²) in [6, 6.07) is 21.3. The van der Waals surface area contributed by atoms with Crippen molar-refractivity contribution in [2.75, 3.05) is 5.32 Å². The van der Waals surface area contributed by atoms with E-state index in [1.54, 1.807) is 0 Å². The number of allylic oxidation sites excluding steroid dienone is 2. The Bertz CT molecular complexity index is 1090. The van der Waals surface area contributed by atoms with Gasteiger partial charge in [0.25, 0.3) is 0 Å². The van der Waals surface area contributed by atoms with E-state index in [2.05, 4.69) is 67.7 Å². The van der Waals surface area contributed by atoms with Crippen molar-refractivity contribution >= 4 is 17.3 Å². The number of hydrogen-bond donors (Lipinski definition) is 1. The highest BCUT2D eigenvalue weighted by Crippen LogP contribution is 2.50. The maximum Gasteiger partial charge on any atom is 0.119 e. The maximum absolute atomic E-state index is 5.97. The second kappa shape index (κ2) is 7.85. The number of nitrogens with one attached hydrogen (secondary N) is 1.